The second kappa shape index (κ2) is 5.85. The Hall–Kier alpha value is -2.57. The molecule has 1 aromatic heterocycles. The molecule has 100 valence electrons. The zero-order valence-corrected chi connectivity index (χ0v) is 10.8. The predicted molar refractivity (Wildman–Crippen MR) is 71.7 cm³/mol. The van der Waals surface area contributed by atoms with Crippen LogP contribution in [0.2, 0.25) is 0 Å². The van der Waals surface area contributed by atoms with E-state index >= 15 is 0 Å². The smallest absolute Gasteiger partial charge is 0.322 e. The lowest BCUT2D eigenvalue weighted by Crippen LogP contribution is -2.06. The monoisotopic (exact) mass is 261 g/mol. The summed E-state index contributed by atoms with van der Waals surface area (Å²) in [6, 6.07) is 7.64. The topological polar surface area (TPSA) is 95.2 Å². The van der Waals surface area contributed by atoms with Crippen molar-refractivity contribution in [3.8, 4) is 11.8 Å². The number of ether oxygens (including phenoxy) is 2. The number of benzene rings is 1. The molecular weight excluding hydrogens is 246 g/mol. The standard InChI is InChI=1S/C12H15N5O2/c1-3-19-9-7-5-4-6-8(9)14-11-15-10(13)16-12(17-11)18-2/h4-7H,3H2,1-2H3,(H3,13,14,15,16,17). The van der Waals surface area contributed by atoms with Gasteiger partial charge in [0, 0.05) is 0 Å². The van der Waals surface area contributed by atoms with Gasteiger partial charge in [-0.05, 0) is 19.1 Å². The van der Waals surface area contributed by atoms with Gasteiger partial charge in [0.2, 0.25) is 11.9 Å². The summed E-state index contributed by atoms with van der Waals surface area (Å²) in [5.74, 6) is 1.10. The second-order valence-corrected chi connectivity index (χ2v) is 3.56. The van der Waals surface area contributed by atoms with Crippen LogP contribution in [0, 0.1) is 0 Å². The Morgan fingerprint density at radius 2 is 2.00 bits per heavy atom. The average molecular weight is 261 g/mol. The maximum Gasteiger partial charge on any atom is 0.322 e. The highest BCUT2D eigenvalue weighted by molar-refractivity contribution is 5.62. The van der Waals surface area contributed by atoms with Gasteiger partial charge in [-0.3, -0.25) is 0 Å². The van der Waals surface area contributed by atoms with Crippen LogP contribution in [0.25, 0.3) is 0 Å². The number of nitrogens with two attached hydrogens (primary N) is 1. The molecule has 0 atom stereocenters. The van der Waals surface area contributed by atoms with Gasteiger partial charge in [0.1, 0.15) is 5.75 Å². The first-order chi connectivity index (χ1) is 9.22. The van der Waals surface area contributed by atoms with Crippen molar-refractivity contribution in [1.29, 1.82) is 0 Å². The number of rotatable bonds is 5. The van der Waals surface area contributed by atoms with Crippen molar-refractivity contribution >= 4 is 17.6 Å². The SMILES string of the molecule is CCOc1ccccc1Nc1nc(N)nc(OC)n1. The van der Waals surface area contributed by atoms with E-state index in [1.165, 1.54) is 7.11 Å². The molecule has 2 aromatic rings. The van der Waals surface area contributed by atoms with Crippen LogP contribution in [0.15, 0.2) is 24.3 Å². The molecule has 0 bridgehead atoms. The number of anilines is 3. The molecule has 19 heavy (non-hydrogen) atoms. The quantitative estimate of drug-likeness (QED) is 0.844. The third kappa shape index (κ3) is 3.21. The number of nitrogens with one attached hydrogen (secondary N) is 1. The molecule has 0 radical (unpaired) electrons. The van der Waals surface area contributed by atoms with Gasteiger partial charge in [-0.1, -0.05) is 12.1 Å². The number of hydrogen-bond acceptors (Lipinski definition) is 7. The van der Waals surface area contributed by atoms with Crippen molar-refractivity contribution in [3.05, 3.63) is 24.3 Å². The average Bonchev–Trinajstić information content (AvgIpc) is 2.40. The van der Waals surface area contributed by atoms with Crippen molar-refractivity contribution < 1.29 is 9.47 Å². The van der Waals surface area contributed by atoms with Crippen molar-refractivity contribution in [1.82, 2.24) is 15.0 Å². The maximum atomic E-state index is 5.57. The van der Waals surface area contributed by atoms with Crippen LogP contribution in [0.4, 0.5) is 17.6 Å². The van der Waals surface area contributed by atoms with Crippen LogP contribution >= 0.6 is 0 Å². The highest BCUT2D eigenvalue weighted by atomic mass is 16.5. The van der Waals surface area contributed by atoms with Gasteiger partial charge in [-0.2, -0.15) is 15.0 Å². The largest absolute Gasteiger partial charge is 0.492 e. The molecule has 3 N–H and O–H groups in total. The van der Waals surface area contributed by atoms with Gasteiger partial charge in [-0.15, -0.1) is 0 Å². The Morgan fingerprint density at radius 1 is 1.21 bits per heavy atom. The number of nitrogen functional groups attached to an aromatic ring is 1. The van der Waals surface area contributed by atoms with Gasteiger partial charge in [0.25, 0.3) is 0 Å². The zero-order valence-electron chi connectivity index (χ0n) is 10.8. The first-order valence-electron chi connectivity index (χ1n) is 5.77. The molecule has 0 unspecified atom stereocenters. The minimum atomic E-state index is 0.0863. The fourth-order valence-electron chi connectivity index (χ4n) is 1.49. The molecule has 7 heteroatoms. The Kier molecular flexibility index (Phi) is 3.97. The molecule has 1 aromatic carbocycles. The molecule has 0 spiro atoms. The van der Waals surface area contributed by atoms with Gasteiger partial charge in [0.15, 0.2) is 0 Å². The Balaban J connectivity index is 2.28. The summed E-state index contributed by atoms with van der Waals surface area (Å²) in [5.41, 5.74) is 6.32. The molecule has 1 heterocycles. The van der Waals surface area contributed by atoms with Crippen LogP contribution in [-0.4, -0.2) is 28.7 Å². The van der Waals surface area contributed by atoms with E-state index in [-0.39, 0.29) is 12.0 Å². The minimum Gasteiger partial charge on any atom is -0.492 e. The molecule has 0 fully saturated rings. The van der Waals surface area contributed by atoms with E-state index in [1.54, 1.807) is 0 Å². The first-order valence-corrected chi connectivity index (χ1v) is 5.77. The third-order valence-corrected chi connectivity index (χ3v) is 2.25. The Labute approximate surface area is 110 Å². The molecular formula is C12H15N5O2. The summed E-state index contributed by atoms with van der Waals surface area (Å²) >= 11 is 0. The minimum absolute atomic E-state index is 0.0863. The number of hydrogen-bond donors (Lipinski definition) is 2. The lowest BCUT2D eigenvalue weighted by atomic mass is 10.3. The summed E-state index contributed by atoms with van der Waals surface area (Å²) in [4.78, 5) is 11.9. The molecule has 2 rings (SSSR count). The van der Waals surface area contributed by atoms with Crippen molar-refractivity contribution in [2.75, 3.05) is 24.8 Å². The number of nitrogens with zero attached hydrogens (tertiary/aromatic N) is 3. The van der Waals surface area contributed by atoms with E-state index in [9.17, 15) is 0 Å². The summed E-state index contributed by atoms with van der Waals surface area (Å²) in [5, 5.41) is 3.03. The van der Waals surface area contributed by atoms with E-state index < -0.39 is 0 Å². The zero-order chi connectivity index (χ0) is 13.7. The van der Waals surface area contributed by atoms with Crippen LogP contribution in [-0.2, 0) is 0 Å². The van der Waals surface area contributed by atoms with Crippen LogP contribution in [0.5, 0.6) is 11.8 Å². The highest BCUT2D eigenvalue weighted by Gasteiger charge is 2.07. The third-order valence-electron chi connectivity index (χ3n) is 2.25. The molecule has 0 amide bonds. The van der Waals surface area contributed by atoms with Crippen LogP contribution in [0.1, 0.15) is 6.92 Å². The van der Waals surface area contributed by atoms with Gasteiger partial charge in [0.05, 0.1) is 19.4 Å². The van der Waals surface area contributed by atoms with E-state index in [1.807, 2.05) is 31.2 Å². The Bertz CT molecular complexity index is 562. The van der Waals surface area contributed by atoms with E-state index in [0.29, 0.717) is 18.3 Å². The molecule has 7 nitrogen and oxygen atoms in total. The van der Waals surface area contributed by atoms with Gasteiger partial charge < -0.3 is 20.5 Å². The summed E-state index contributed by atoms with van der Waals surface area (Å²) in [6.45, 7) is 2.49. The fourth-order valence-corrected chi connectivity index (χ4v) is 1.49. The predicted octanol–water partition coefficient (Wildman–Crippen LogP) is 1.60. The number of methoxy groups -OCH3 is 1. The number of para-hydroxylation sites is 2. The molecule has 0 aliphatic carbocycles. The molecule has 0 saturated heterocycles. The van der Waals surface area contributed by atoms with E-state index in [2.05, 4.69) is 20.3 Å². The van der Waals surface area contributed by atoms with E-state index in [4.69, 9.17) is 15.2 Å². The lowest BCUT2D eigenvalue weighted by molar-refractivity contribution is 0.342. The van der Waals surface area contributed by atoms with Crippen LogP contribution in [0.3, 0.4) is 0 Å². The summed E-state index contributed by atoms with van der Waals surface area (Å²) < 4.78 is 10.4. The maximum absolute atomic E-state index is 5.57. The van der Waals surface area contributed by atoms with Crippen molar-refractivity contribution in [2.24, 2.45) is 0 Å². The van der Waals surface area contributed by atoms with Crippen molar-refractivity contribution in [3.63, 3.8) is 0 Å². The molecule has 0 saturated carbocycles. The molecule has 0 aliphatic heterocycles. The van der Waals surface area contributed by atoms with Gasteiger partial charge in [-0.25, -0.2) is 0 Å². The number of aromatic nitrogens is 3. The van der Waals surface area contributed by atoms with Crippen LogP contribution < -0.4 is 20.5 Å². The van der Waals surface area contributed by atoms with Gasteiger partial charge >= 0.3 is 6.01 Å². The lowest BCUT2D eigenvalue weighted by Gasteiger charge is -2.11. The summed E-state index contributed by atoms with van der Waals surface area (Å²) in [6.07, 6.45) is 0. The summed E-state index contributed by atoms with van der Waals surface area (Å²) in [7, 11) is 1.46. The Morgan fingerprint density at radius 3 is 2.74 bits per heavy atom. The second-order valence-electron chi connectivity index (χ2n) is 3.56. The fraction of sp³-hybridized carbons (Fsp3) is 0.250. The highest BCUT2D eigenvalue weighted by Crippen LogP contribution is 2.26. The molecule has 0 aliphatic rings. The first kappa shape index (κ1) is 12.9. The normalized spacial score (nSPS) is 10.0. The van der Waals surface area contributed by atoms with E-state index in [0.717, 1.165) is 5.69 Å². The van der Waals surface area contributed by atoms with Crippen molar-refractivity contribution in [2.45, 2.75) is 6.92 Å².